The molecule has 0 spiro atoms. The Balaban J connectivity index is 2.68. The van der Waals surface area contributed by atoms with E-state index in [1.165, 1.54) is 25.1 Å². The van der Waals surface area contributed by atoms with Crippen LogP contribution >= 0.6 is 0 Å². The summed E-state index contributed by atoms with van der Waals surface area (Å²) in [6.07, 6.45) is -0.444. The van der Waals surface area contributed by atoms with Gasteiger partial charge in [0.05, 0.1) is 33.5 Å². The molecule has 10 nitrogen and oxygen atoms in total. The molecule has 170 valence electrons. The van der Waals surface area contributed by atoms with Crippen LogP contribution in [0.3, 0.4) is 0 Å². The Bertz CT molecular complexity index is 1060. The lowest BCUT2D eigenvalue weighted by Gasteiger charge is -2.19. The highest BCUT2D eigenvalue weighted by Gasteiger charge is 2.29. The molecule has 1 aromatic carbocycles. The van der Waals surface area contributed by atoms with E-state index in [2.05, 4.69) is 4.98 Å². The molecule has 0 radical (unpaired) electrons. The molecule has 32 heavy (non-hydrogen) atoms. The van der Waals surface area contributed by atoms with Crippen molar-refractivity contribution in [3.05, 3.63) is 56.9 Å². The van der Waals surface area contributed by atoms with Crippen molar-refractivity contribution < 1.29 is 33.5 Å². The first kappa shape index (κ1) is 24.4. The monoisotopic (exact) mass is 444 g/mol. The number of carbonyl (C=O) groups excluding carboxylic acids is 3. The van der Waals surface area contributed by atoms with Gasteiger partial charge in [0.15, 0.2) is 0 Å². The largest absolute Gasteiger partial charge is 0.462 e. The van der Waals surface area contributed by atoms with Crippen LogP contribution in [-0.2, 0) is 19.0 Å². The number of nitro groups is 1. The standard InChI is InChI=1S/C22H24N2O8/c1-12(2)32-22(27)19-14(4)23-13(3)18(21(26)31-10-9-30-15(5)25)20(19)16-7-6-8-17(11-16)24(28)29/h6-8,11-12H,9-10H2,1-5H3. The molecule has 0 N–H and O–H groups in total. The molecule has 0 aliphatic heterocycles. The molecule has 2 aromatic rings. The summed E-state index contributed by atoms with van der Waals surface area (Å²) in [5.74, 6) is -2.06. The average molecular weight is 444 g/mol. The molecule has 0 saturated carbocycles. The van der Waals surface area contributed by atoms with E-state index in [4.69, 9.17) is 14.2 Å². The Morgan fingerprint density at radius 1 is 1.03 bits per heavy atom. The number of carbonyl (C=O) groups is 3. The second-order valence-corrected chi connectivity index (χ2v) is 7.15. The van der Waals surface area contributed by atoms with Crippen molar-refractivity contribution >= 4 is 23.6 Å². The molecular weight excluding hydrogens is 420 g/mol. The van der Waals surface area contributed by atoms with Crippen LogP contribution in [0.1, 0.15) is 52.9 Å². The van der Waals surface area contributed by atoms with Gasteiger partial charge >= 0.3 is 17.9 Å². The predicted octanol–water partition coefficient (Wildman–Crippen LogP) is 3.56. The minimum atomic E-state index is -0.817. The maximum atomic E-state index is 12.9. The zero-order valence-corrected chi connectivity index (χ0v) is 18.5. The van der Waals surface area contributed by atoms with Crippen LogP contribution in [0.15, 0.2) is 24.3 Å². The van der Waals surface area contributed by atoms with E-state index in [1.807, 2.05) is 0 Å². The van der Waals surface area contributed by atoms with Gasteiger partial charge in [-0.05, 0) is 33.3 Å². The lowest BCUT2D eigenvalue weighted by molar-refractivity contribution is -0.384. The average Bonchev–Trinajstić information content (AvgIpc) is 2.69. The summed E-state index contributed by atoms with van der Waals surface area (Å²) < 4.78 is 15.3. The van der Waals surface area contributed by atoms with Gasteiger partial charge in [-0.3, -0.25) is 19.9 Å². The van der Waals surface area contributed by atoms with Crippen LogP contribution in [0.25, 0.3) is 11.1 Å². The number of nitro benzene ring substituents is 1. The fraction of sp³-hybridized carbons (Fsp3) is 0.364. The Kier molecular flexibility index (Phi) is 8.00. The predicted molar refractivity (Wildman–Crippen MR) is 113 cm³/mol. The van der Waals surface area contributed by atoms with Gasteiger partial charge in [-0.1, -0.05) is 12.1 Å². The summed E-state index contributed by atoms with van der Waals surface area (Å²) in [6.45, 7) is 7.36. The van der Waals surface area contributed by atoms with Gasteiger partial charge < -0.3 is 14.2 Å². The topological polar surface area (TPSA) is 135 Å². The Hall–Kier alpha value is -3.82. The Labute approximate surface area is 184 Å². The quantitative estimate of drug-likeness (QED) is 0.197. The fourth-order valence-corrected chi connectivity index (χ4v) is 3.08. The number of esters is 3. The molecule has 1 heterocycles. The van der Waals surface area contributed by atoms with Gasteiger partial charge in [0.2, 0.25) is 0 Å². The first-order valence-corrected chi connectivity index (χ1v) is 9.80. The van der Waals surface area contributed by atoms with E-state index in [0.29, 0.717) is 5.69 Å². The molecule has 0 atom stereocenters. The summed E-state index contributed by atoms with van der Waals surface area (Å²) in [6, 6.07) is 5.55. The lowest BCUT2D eigenvalue weighted by atomic mass is 9.92. The minimum Gasteiger partial charge on any atom is -0.462 e. The second-order valence-electron chi connectivity index (χ2n) is 7.15. The Morgan fingerprint density at radius 3 is 2.19 bits per heavy atom. The van der Waals surface area contributed by atoms with Gasteiger partial charge in [0.1, 0.15) is 13.2 Å². The first-order chi connectivity index (χ1) is 15.0. The summed E-state index contributed by atoms with van der Waals surface area (Å²) >= 11 is 0. The maximum absolute atomic E-state index is 12.9. The zero-order chi connectivity index (χ0) is 24.0. The zero-order valence-electron chi connectivity index (χ0n) is 18.5. The van der Waals surface area contributed by atoms with E-state index in [9.17, 15) is 24.5 Å². The first-order valence-electron chi connectivity index (χ1n) is 9.80. The van der Waals surface area contributed by atoms with Gasteiger partial charge in [0.25, 0.3) is 5.69 Å². The fourth-order valence-electron chi connectivity index (χ4n) is 3.08. The van der Waals surface area contributed by atoms with Crippen LogP contribution in [0.2, 0.25) is 0 Å². The number of nitrogens with zero attached hydrogens (tertiary/aromatic N) is 2. The van der Waals surface area contributed by atoms with Crippen molar-refractivity contribution in [2.45, 2.75) is 40.7 Å². The molecule has 2 rings (SSSR count). The third kappa shape index (κ3) is 5.87. The van der Waals surface area contributed by atoms with Crippen LogP contribution in [0, 0.1) is 24.0 Å². The van der Waals surface area contributed by atoms with E-state index < -0.39 is 28.9 Å². The van der Waals surface area contributed by atoms with Crippen molar-refractivity contribution in [2.24, 2.45) is 0 Å². The van der Waals surface area contributed by atoms with Crippen molar-refractivity contribution in [3.63, 3.8) is 0 Å². The molecular formula is C22H24N2O8. The van der Waals surface area contributed by atoms with Crippen LogP contribution in [0.5, 0.6) is 0 Å². The molecule has 0 aliphatic rings. The Morgan fingerprint density at radius 2 is 1.62 bits per heavy atom. The molecule has 1 aromatic heterocycles. The number of hydrogen-bond donors (Lipinski definition) is 0. The molecule has 0 bridgehead atoms. The number of pyridine rings is 1. The van der Waals surface area contributed by atoms with E-state index in [-0.39, 0.29) is 46.8 Å². The summed E-state index contributed by atoms with van der Waals surface area (Å²) in [5, 5.41) is 11.3. The smallest absolute Gasteiger partial charge is 0.340 e. The molecule has 10 heteroatoms. The van der Waals surface area contributed by atoms with Gasteiger partial charge in [0, 0.05) is 24.6 Å². The van der Waals surface area contributed by atoms with Crippen LogP contribution in [0.4, 0.5) is 5.69 Å². The molecule has 0 unspecified atom stereocenters. The third-order valence-corrected chi connectivity index (χ3v) is 4.28. The number of benzene rings is 1. The number of aromatic nitrogens is 1. The maximum Gasteiger partial charge on any atom is 0.340 e. The van der Waals surface area contributed by atoms with Gasteiger partial charge in [-0.2, -0.15) is 0 Å². The number of non-ortho nitro benzene ring substituents is 1. The summed E-state index contributed by atoms with van der Waals surface area (Å²) in [4.78, 5) is 51.8. The summed E-state index contributed by atoms with van der Waals surface area (Å²) in [5.41, 5.74) is 0.712. The van der Waals surface area contributed by atoms with E-state index in [1.54, 1.807) is 33.8 Å². The third-order valence-electron chi connectivity index (χ3n) is 4.28. The highest BCUT2D eigenvalue weighted by molar-refractivity contribution is 6.07. The lowest BCUT2D eigenvalue weighted by Crippen LogP contribution is -2.20. The van der Waals surface area contributed by atoms with Gasteiger partial charge in [-0.15, -0.1) is 0 Å². The number of aryl methyl sites for hydroxylation is 2. The minimum absolute atomic E-state index is 0.0109. The van der Waals surface area contributed by atoms with Gasteiger partial charge in [-0.25, -0.2) is 9.59 Å². The van der Waals surface area contributed by atoms with Crippen molar-refractivity contribution in [2.75, 3.05) is 13.2 Å². The highest BCUT2D eigenvalue weighted by Crippen LogP contribution is 2.34. The SMILES string of the molecule is CC(=O)OCCOC(=O)c1c(C)nc(C)c(C(=O)OC(C)C)c1-c1cccc([N+](=O)[O-])c1. The molecule has 0 aliphatic carbocycles. The molecule has 0 amide bonds. The van der Waals surface area contributed by atoms with Crippen LogP contribution < -0.4 is 0 Å². The molecule has 0 fully saturated rings. The van der Waals surface area contributed by atoms with E-state index >= 15 is 0 Å². The normalized spacial score (nSPS) is 10.6. The van der Waals surface area contributed by atoms with E-state index in [0.717, 1.165) is 0 Å². The van der Waals surface area contributed by atoms with Crippen LogP contribution in [-0.4, -0.2) is 47.1 Å². The number of hydrogen-bond acceptors (Lipinski definition) is 9. The summed E-state index contributed by atoms with van der Waals surface area (Å²) in [7, 11) is 0. The highest BCUT2D eigenvalue weighted by atomic mass is 16.6. The van der Waals surface area contributed by atoms with Crippen molar-refractivity contribution in [1.29, 1.82) is 0 Å². The molecule has 0 saturated heterocycles. The number of ether oxygens (including phenoxy) is 3. The van der Waals surface area contributed by atoms with Crippen molar-refractivity contribution in [1.82, 2.24) is 4.98 Å². The second kappa shape index (κ2) is 10.5. The van der Waals surface area contributed by atoms with Crippen molar-refractivity contribution in [3.8, 4) is 11.1 Å². The number of rotatable bonds is 8.